The molecule has 1 saturated heterocycles. The lowest BCUT2D eigenvalue weighted by atomic mass is 10.1. The van der Waals surface area contributed by atoms with Gasteiger partial charge in [0.05, 0.1) is 6.10 Å². The van der Waals surface area contributed by atoms with Gasteiger partial charge in [-0.1, -0.05) is 12.1 Å². The van der Waals surface area contributed by atoms with E-state index in [0.29, 0.717) is 30.9 Å². The predicted molar refractivity (Wildman–Crippen MR) is 72.8 cm³/mol. The van der Waals surface area contributed by atoms with Gasteiger partial charge in [0.2, 0.25) is 0 Å². The molecule has 0 aliphatic carbocycles. The van der Waals surface area contributed by atoms with E-state index in [0.717, 1.165) is 5.69 Å². The first-order chi connectivity index (χ1) is 9.16. The quantitative estimate of drug-likeness (QED) is 0.779. The first kappa shape index (κ1) is 11.9. The minimum atomic E-state index is -0.500. The van der Waals surface area contributed by atoms with E-state index in [1.54, 1.807) is 29.2 Å². The van der Waals surface area contributed by atoms with Crippen LogP contribution in [-0.4, -0.2) is 24.3 Å². The Morgan fingerprint density at radius 3 is 2.84 bits per heavy atom. The Bertz CT molecular complexity index is 659. The second-order valence-electron chi connectivity index (χ2n) is 4.69. The summed E-state index contributed by atoms with van der Waals surface area (Å²) in [5.41, 5.74) is 0.455. The van der Waals surface area contributed by atoms with Gasteiger partial charge in [-0.15, -0.1) is 0 Å². The summed E-state index contributed by atoms with van der Waals surface area (Å²) in [6.07, 6.45) is 0.194. The number of rotatable bonds is 3. The summed E-state index contributed by atoms with van der Waals surface area (Å²) in [6, 6.07) is 9.96. The standard InChI is InChI=1S/C14H13N2O3/c17-10-6-7-16(8-10)12-11(13(18)14(12)19)15-9-4-2-1-3-5-9/h1-2,4-5,10,15,17H,6-8H2. The van der Waals surface area contributed by atoms with Crippen LogP contribution in [0.2, 0.25) is 0 Å². The van der Waals surface area contributed by atoms with Gasteiger partial charge in [-0.2, -0.15) is 0 Å². The molecule has 0 spiro atoms. The Hall–Kier alpha value is -2.14. The first-order valence-corrected chi connectivity index (χ1v) is 6.16. The fraction of sp³-hybridized carbons (Fsp3) is 0.286. The number of aliphatic hydroxyl groups is 1. The van der Waals surface area contributed by atoms with E-state index in [1.165, 1.54) is 0 Å². The summed E-state index contributed by atoms with van der Waals surface area (Å²) in [6.45, 7) is 1.00. The first-order valence-electron chi connectivity index (χ1n) is 6.16. The van der Waals surface area contributed by atoms with Crippen molar-refractivity contribution in [3.05, 3.63) is 50.8 Å². The number of benzene rings is 1. The summed E-state index contributed by atoms with van der Waals surface area (Å²) < 4.78 is 0. The van der Waals surface area contributed by atoms with Gasteiger partial charge in [-0.25, -0.2) is 0 Å². The largest absolute Gasteiger partial charge is 0.391 e. The van der Waals surface area contributed by atoms with Crippen molar-refractivity contribution in [1.29, 1.82) is 0 Å². The molecule has 1 aliphatic heterocycles. The van der Waals surface area contributed by atoms with Crippen LogP contribution in [0, 0.1) is 6.07 Å². The van der Waals surface area contributed by atoms with Gasteiger partial charge >= 0.3 is 0 Å². The number of β-amino-alcohol motifs (C(OH)–C–C–N with tert-alkyl or cyclic N) is 1. The van der Waals surface area contributed by atoms with E-state index < -0.39 is 17.0 Å². The Labute approximate surface area is 109 Å². The second kappa shape index (κ2) is 4.51. The minimum absolute atomic E-state index is 0.318. The van der Waals surface area contributed by atoms with Crippen molar-refractivity contribution in [3.8, 4) is 0 Å². The molecule has 3 rings (SSSR count). The molecule has 0 saturated carbocycles. The third-order valence-corrected chi connectivity index (χ3v) is 3.34. The van der Waals surface area contributed by atoms with Crippen molar-refractivity contribution >= 4 is 17.1 Å². The van der Waals surface area contributed by atoms with Crippen molar-refractivity contribution in [3.63, 3.8) is 0 Å². The number of nitrogens with zero attached hydrogens (tertiary/aromatic N) is 1. The van der Waals surface area contributed by atoms with E-state index in [4.69, 9.17) is 0 Å². The number of aliphatic hydroxyl groups excluding tert-OH is 1. The van der Waals surface area contributed by atoms with Crippen LogP contribution in [0.1, 0.15) is 6.42 Å². The maximum atomic E-state index is 11.7. The van der Waals surface area contributed by atoms with Crippen molar-refractivity contribution in [2.75, 3.05) is 23.3 Å². The maximum absolute atomic E-state index is 11.7. The van der Waals surface area contributed by atoms with Crippen molar-refractivity contribution in [1.82, 2.24) is 0 Å². The Kier molecular flexibility index (Phi) is 2.83. The lowest BCUT2D eigenvalue weighted by molar-refractivity contribution is 0.198. The van der Waals surface area contributed by atoms with Crippen LogP contribution in [0.25, 0.3) is 0 Å². The van der Waals surface area contributed by atoms with Crippen LogP contribution >= 0.6 is 0 Å². The summed E-state index contributed by atoms with van der Waals surface area (Å²) in [5.74, 6) is 0. The van der Waals surface area contributed by atoms with Crippen LogP contribution in [0.15, 0.2) is 33.9 Å². The second-order valence-corrected chi connectivity index (χ2v) is 4.69. The average Bonchev–Trinajstić information content (AvgIpc) is 2.85. The molecule has 5 heteroatoms. The van der Waals surface area contributed by atoms with Gasteiger partial charge in [-0.05, 0) is 24.6 Å². The van der Waals surface area contributed by atoms with Crippen LogP contribution < -0.4 is 21.1 Å². The molecule has 1 heterocycles. The third kappa shape index (κ3) is 2.02. The van der Waals surface area contributed by atoms with Crippen molar-refractivity contribution in [2.24, 2.45) is 0 Å². The molecule has 1 fully saturated rings. The molecule has 1 aliphatic rings. The fourth-order valence-electron chi connectivity index (χ4n) is 2.36. The highest BCUT2D eigenvalue weighted by molar-refractivity contribution is 5.79. The Morgan fingerprint density at radius 1 is 1.37 bits per heavy atom. The highest BCUT2D eigenvalue weighted by Crippen LogP contribution is 2.26. The van der Waals surface area contributed by atoms with Crippen molar-refractivity contribution < 1.29 is 5.11 Å². The Morgan fingerprint density at radius 2 is 2.21 bits per heavy atom. The van der Waals surface area contributed by atoms with E-state index in [2.05, 4.69) is 11.4 Å². The normalized spacial score (nSPS) is 19.0. The van der Waals surface area contributed by atoms with Gasteiger partial charge in [0.1, 0.15) is 11.4 Å². The molecule has 5 nitrogen and oxygen atoms in total. The predicted octanol–water partition coefficient (Wildman–Crippen LogP) is 0.397. The molecule has 2 aromatic rings. The average molecular weight is 257 g/mol. The molecule has 2 aromatic carbocycles. The molecule has 0 bridgehead atoms. The molecule has 1 unspecified atom stereocenters. The summed E-state index contributed by atoms with van der Waals surface area (Å²) >= 11 is 0. The topological polar surface area (TPSA) is 69.6 Å². The summed E-state index contributed by atoms with van der Waals surface area (Å²) in [7, 11) is 0. The maximum Gasteiger partial charge on any atom is 0.253 e. The highest BCUT2D eigenvalue weighted by Gasteiger charge is 2.30. The van der Waals surface area contributed by atoms with E-state index in [9.17, 15) is 14.7 Å². The van der Waals surface area contributed by atoms with Gasteiger partial charge in [0.15, 0.2) is 0 Å². The number of hydrogen-bond acceptors (Lipinski definition) is 5. The summed E-state index contributed by atoms with van der Waals surface area (Å²) in [5, 5.41) is 12.5. The highest BCUT2D eigenvalue weighted by atomic mass is 16.3. The molecule has 0 aromatic heterocycles. The van der Waals surface area contributed by atoms with Crippen molar-refractivity contribution in [2.45, 2.75) is 12.5 Å². The van der Waals surface area contributed by atoms with Crippen LogP contribution in [0.4, 0.5) is 17.1 Å². The number of nitrogens with one attached hydrogen (secondary N) is 1. The number of anilines is 3. The van der Waals surface area contributed by atoms with E-state index >= 15 is 0 Å². The van der Waals surface area contributed by atoms with Gasteiger partial charge in [-0.3, -0.25) is 9.59 Å². The third-order valence-electron chi connectivity index (χ3n) is 3.34. The zero-order valence-electron chi connectivity index (χ0n) is 10.2. The lowest BCUT2D eigenvalue weighted by Gasteiger charge is -2.22. The molecule has 2 N–H and O–H groups in total. The van der Waals surface area contributed by atoms with Crippen LogP contribution in [-0.2, 0) is 0 Å². The lowest BCUT2D eigenvalue weighted by Crippen LogP contribution is -2.41. The van der Waals surface area contributed by atoms with Gasteiger partial charge < -0.3 is 15.3 Å². The Balaban J connectivity index is 1.89. The van der Waals surface area contributed by atoms with E-state index in [-0.39, 0.29) is 0 Å². The molecule has 0 amide bonds. The van der Waals surface area contributed by atoms with E-state index in [1.807, 2.05) is 0 Å². The summed E-state index contributed by atoms with van der Waals surface area (Å²) in [4.78, 5) is 25.1. The zero-order valence-corrected chi connectivity index (χ0v) is 10.2. The molecular formula is C14H13N2O3. The van der Waals surface area contributed by atoms with Gasteiger partial charge in [0, 0.05) is 18.8 Å². The molecule has 1 atom stereocenters. The fourth-order valence-corrected chi connectivity index (χ4v) is 2.36. The van der Waals surface area contributed by atoms with Crippen LogP contribution in [0.5, 0.6) is 0 Å². The van der Waals surface area contributed by atoms with Crippen LogP contribution in [0.3, 0.4) is 0 Å². The monoisotopic (exact) mass is 257 g/mol. The molecule has 19 heavy (non-hydrogen) atoms. The molecule has 97 valence electrons. The minimum Gasteiger partial charge on any atom is -0.391 e. The smallest absolute Gasteiger partial charge is 0.253 e. The SMILES string of the molecule is O=c1c(Nc2c[c]ccc2)c(N2CCC(O)C2)c1=O. The zero-order chi connectivity index (χ0) is 13.4. The number of hydrogen-bond donors (Lipinski definition) is 2. The molecule has 1 radical (unpaired) electrons. The molecular weight excluding hydrogens is 244 g/mol. The van der Waals surface area contributed by atoms with Gasteiger partial charge in [0.25, 0.3) is 10.9 Å².